The van der Waals surface area contributed by atoms with E-state index >= 15 is 0 Å². The van der Waals surface area contributed by atoms with Crippen LogP contribution in [0.4, 0.5) is 0 Å². The maximum atomic E-state index is 8.32. The lowest BCUT2D eigenvalue weighted by Gasteiger charge is -1.99. The van der Waals surface area contributed by atoms with Crippen molar-refractivity contribution >= 4 is 5.71 Å². The molecule has 9 heavy (non-hydrogen) atoms. The van der Waals surface area contributed by atoms with Crippen molar-refractivity contribution in [1.29, 1.82) is 5.41 Å². The molecule has 3 nitrogen and oxygen atoms in total. The van der Waals surface area contributed by atoms with Gasteiger partial charge in [-0.2, -0.15) is 0 Å². The van der Waals surface area contributed by atoms with Gasteiger partial charge in [0.2, 0.25) is 0 Å². The number of aliphatic hydroxyl groups excluding tert-OH is 1. The van der Waals surface area contributed by atoms with E-state index in [-0.39, 0.29) is 6.61 Å². The molecule has 0 aliphatic rings. The van der Waals surface area contributed by atoms with Crippen molar-refractivity contribution in [2.24, 2.45) is 0 Å². The molecular weight excluding hydrogens is 116 g/mol. The molecule has 0 aromatic carbocycles. The zero-order valence-corrected chi connectivity index (χ0v) is 5.78. The molecule has 0 aromatic rings. The fraction of sp³-hybridized carbons (Fsp3) is 0.833. The van der Waals surface area contributed by atoms with Crippen molar-refractivity contribution in [1.82, 2.24) is 5.32 Å². The lowest BCUT2D eigenvalue weighted by molar-refractivity contribution is 0.293. The van der Waals surface area contributed by atoms with Crippen molar-refractivity contribution < 1.29 is 5.11 Å². The average Bonchev–Trinajstić information content (AvgIpc) is 1.80. The molecule has 0 saturated carbocycles. The Hall–Kier alpha value is -0.410. The third-order valence-electron chi connectivity index (χ3n) is 0.965. The second-order valence-corrected chi connectivity index (χ2v) is 2.00. The van der Waals surface area contributed by atoms with Gasteiger partial charge in [0.05, 0.1) is 6.61 Å². The van der Waals surface area contributed by atoms with Crippen LogP contribution in [0.1, 0.15) is 13.3 Å². The van der Waals surface area contributed by atoms with Gasteiger partial charge in [0, 0.05) is 18.8 Å². The predicted octanol–water partition coefficient (Wildman–Crippen LogP) is -0.00193. The molecule has 0 saturated heterocycles. The summed E-state index contributed by atoms with van der Waals surface area (Å²) in [7, 11) is 0. The van der Waals surface area contributed by atoms with Gasteiger partial charge in [-0.3, -0.25) is 0 Å². The van der Waals surface area contributed by atoms with Crippen LogP contribution in [0.15, 0.2) is 0 Å². The number of aliphatic hydroxyl groups is 1. The van der Waals surface area contributed by atoms with E-state index in [1.165, 1.54) is 0 Å². The van der Waals surface area contributed by atoms with Gasteiger partial charge in [0.1, 0.15) is 0 Å². The molecular formula is C6H14N2O. The summed E-state index contributed by atoms with van der Waals surface area (Å²) in [4.78, 5) is 0. The topological polar surface area (TPSA) is 56.1 Å². The first kappa shape index (κ1) is 8.59. The molecule has 0 atom stereocenters. The zero-order chi connectivity index (χ0) is 7.11. The summed E-state index contributed by atoms with van der Waals surface area (Å²) in [6.45, 7) is 3.39. The Morgan fingerprint density at radius 1 is 1.56 bits per heavy atom. The van der Waals surface area contributed by atoms with Crippen LogP contribution in [0, 0.1) is 5.41 Å². The summed E-state index contributed by atoms with van der Waals surface area (Å²) < 4.78 is 0. The lowest BCUT2D eigenvalue weighted by atomic mass is 10.3. The van der Waals surface area contributed by atoms with E-state index in [9.17, 15) is 0 Å². The third kappa shape index (κ3) is 7.59. The first-order valence-corrected chi connectivity index (χ1v) is 3.13. The summed E-state index contributed by atoms with van der Waals surface area (Å²) >= 11 is 0. The van der Waals surface area contributed by atoms with Crippen molar-refractivity contribution in [3.63, 3.8) is 0 Å². The molecule has 0 fully saturated rings. The lowest BCUT2D eigenvalue weighted by Crippen LogP contribution is -2.20. The second-order valence-electron chi connectivity index (χ2n) is 2.00. The Labute approximate surface area is 55.6 Å². The SMILES string of the molecule is CC(=N)CCNCCO. The van der Waals surface area contributed by atoms with Crippen molar-refractivity contribution in [3.8, 4) is 0 Å². The monoisotopic (exact) mass is 130 g/mol. The molecule has 3 N–H and O–H groups in total. The summed E-state index contributed by atoms with van der Waals surface area (Å²) in [6, 6.07) is 0. The third-order valence-corrected chi connectivity index (χ3v) is 0.965. The molecule has 0 radical (unpaired) electrons. The molecule has 0 spiro atoms. The Balaban J connectivity index is 2.83. The van der Waals surface area contributed by atoms with E-state index < -0.39 is 0 Å². The van der Waals surface area contributed by atoms with Gasteiger partial charge in [-0.15, -0.1) is 0 Å². The quantitative estimate of drug-likeness (QED) is 0.362. The first-order chi connectivity index (χ1) is 4.27. The van der Waals surface area contributed by atoms with Crippen LogP contribution in [-0.2, 0) is 0 Å². The smallest absolute Gasteiger partial charge is 0.0555 e. The molecule has 3 heteroatoms. The molecule has 0 aliphatic heterocycles. The van der Waals surface area contributed by atoms with Crippen molar-refractivity contribution in [3.05, 3.63) is 0 Å². The summed E-state index contributed by atoms with van der Waals surface area (Å²) in [5, 5.41) is 18.3. The molecule has 0 bridgehead atoms. The highest BCUT2D eigenvalue weighted by atomic mass is 16.3. The van der Waals surface area contributed by atoms with Crippen LogP contribution in [0.3, 0.4) is 0 Å². The molecule has 0 unspecified atom stereocenters. The molecule has 0 amide bonds. The van der Waals surface area contributed by atoms with E-state index in [0.717, 1.165) is 13.0 Å². The maximum absolute atomic E-state index is 8.32. The fourth-order valence-electron chi connectivity index (χ4n) is 0.480. The van der Waals surface area contributed by atoms with Crippen molar-refractivity contribution in [2.45, 2.75) is 13.3 Å². The molecule has 0 rings (SSSR count). The van der Waals surface area contributed by atoms with E-state index in [4.69, 9.17) is 10.5 Å². The first-order valence-electron chi connectivity index (χ1n) is 3.13. The summed E-state index contributed by atoms with van der Waals surface area (Å²) in [6.07, 6.45) is 0.778. The van der Waals surface area contributed by atoms with Gasteiger partial charge in [-0.25, -0.2) is 0 Å². The summed E-state index contributed by atoms with van der Waals surface area (Å²) in [5.41, 5.74) is 0.681. The van der Waals surface area contributed by atoms with Gasteiger partial charge in [0.15, 0.2) is 0 Å². The zero-order valence-electron chi connectivity index (χ0n) is 5.78. The number of rotatable bonds is 5. The largest absolute Gasteiger partial charge is 0.395 e. The molecule has 54 valence electrons. The molecule has 0 heterocycles. The van der Waals surface area contributed by atoms with E-state index in [1.54, 1.807) is 6.92 Å². The van der Waals surface area contributed by atoms with Crippen LogP contribution in [0.25, 0.3) is 0 Å². The van der Waals surface area contributed by atoms with Gasteiger partial charge in [0.25, 0.3) is 0 Å². The molecule has 0 aliphatic carbocycles. The Morgan fingerprint density at radius 2 is 2.22 bits per heavy atom. The highest BCUT2D eigenvalue weighted by Gasteiger charge is 1.86. The second kappa shape index (κ2) is 5.72. The average molecular weight is 130 g/mol. The van der Waals surface area contributed by atoms with Gasteiger partial charge in [-0.05, 0) is 13.3 Å². The number of hydrogen-bond donors (Lipinski definition) is 3. The minimum absolute atomic E-state index is 0.178. The van der Waals surface area contributed by atoms with Gasteiger partial charge >= 0.3 is 0 Å². The fourth-order valence-corrected chi connectivity index (χ4v) is 0.480. The number of hydrogen-bond acceptors (Lipinski definition) is 3. The van der Waals surface area contributed by atoms with Crippen LogP contribution in [0.2, 0.25) is 0 Å². The highest BCUT2D eigenvalue weighted by Crippen LogP contribution is 1.77. The minimum atomic E-state index is 0.178. The number of nitrogens with one attached hydrogen (secondary N) is 2. The van der Waals surface area contributed by atoms with E-state index in [2.05, 4.69) is 5.32 Å². The molecule has 0 aromatic heterocycles. The van der Waals surface area contributed by atoms with Gasteiger partial charge < -0.3 is 15.8 Å². The predicted molar refractivity (Wildman–Crippen MR) is 38.0 cm³/mol. The Kier molecular flexibility index (Phi) is 5.46. The van der Waals surface area contributed by atoms with Crippen molar-refractivity contribution in [2.75, 3.05) is 19.7 Å². The Bertz CT molecular complexity index is 83.1. The van der Waals surface area contributed by atoms with Crippen LogP contribution in [-0.4, -0.2) is 30.5 Å². The summed E-state index contributed by atoms with van der Waals surface area (Å²) in [5.74, 6) is 0. The highest BCUT2D eigenvalue weighted by molar-refractivity contribution is 5.78. The maximum Gasteiger partial charge on any atom is 0.0555 e. The van der Waals surface area contributed by atoms with E-state index in [1.807, 2.05) is 0 Å². The normalized spacial score (nSPS) is 9.56. The van der Waals surface area contributed by atoms with Crippen LogP contribution in [0.5, 0.6) is 0 Å². The van der Waals surface area contributed by atoms with Crippen LogP contribution >= 0.6 is 0 Å². The Morgan fingerprint density at radius 3 is 2.67 bits per heavy atom. The van der Waals surface area contributed by atoms with Crippen LogP contribution < -0.4 is 5.32 Å². The van der Waals surface area contributed by atoms with E-state index in [0.29, 0.717) is 12.3 Å². The van der Waals surface area contributed by atoms with Gasteiger partial charge in [-0.1, -0.05) is 0 Å². The minimum Gasteiger partial charge on any atom is -0.395 e. The standard InChI is InChI=1S/C6H14N2O/c1-6(7)2-3-8-4-5-9/h7-9H,2-5H2,1H3.